The number of urea groups is 1. The zero-order chi connectivity index (χ0) is 23.1. The van der Waals surface area contributed by atoms with Gasteiger partial charge in [0.15, 0.2) is 6.10 Å². The van der Waals surface area contributed by atoms with Crippen molar-refractivity contribution >= 4 is 17.7 Å². The van der Waals surface area contributed by atoms with Crippen molar-refractivity contribution in [1.29, 1.82) is 0 Å². The molecule has 2 heterocycles. The number of amidine groups is 1. The topological polar surface area (TPSA) is 80.0 Å². The van der Waals surface area contributed by atoms with Gasteiger partial charge in [0.1, 0.15) is 5.82 Å². The average Bonchev–Trinajstić information content (AvgIpc) is 2.73. The van der Waals surface area contributed by atoms with Crippen LogP contribution in [0.4, 0.5) is 28.0 Å². The minimum Gasteiger partial charge on any atom is -0.452 e. The van der Waals surface area contributed by atoms with E-state index in [0.29, 0.717) is 19.5 Å². The van der Waals surface area contributed by atoms with Gasteiger partial charge in [-0.2, -0.15) is 13.2 Å². The Bertz CT molecular complexity index is 1070. The number of nitrogens with zero attached hydrogens (tertiary/aromatic N) is 2. The highest BCUT2D eigenvalue weighted by molar-refractivity contribution is 5.89. The fourth-order valence-electron chi connectivity index (χ4n) is 4.10. The molecule has 0 aromatic heterocycles. The van der Waals surface area contributed by atoms with E-state index in [2.05, 4.69) is 15.0 Å². The molecule has 32 heavy (non-hydrogen) atoms. The monoisotopic (exact) mass is 450 g/mol. The van der Waals surface area contributed by atoms with Gasteiger partial charge in [0.2, 0.25) is 0 Å². The number of benzene rings is 2. The highest BCUT2D eigenvalue weighted by atomic mass is 19.4. The molecule has 0 fully saturated rings. The van der Waals surface area contributed by atoms with Gasteiger partial charge in [-0.25, -0.2) is 14.2 Å². The first kappa shape index (κ1) is 21.9. The Kier molecular flexibility index (Phi) is 5.47. The molecule has 2 aromatic carbocycles. The maximum Gasteiger partial charge on any atom is 0.425 e. The van der Waals surface area contributed by atoms with Gasteiger partial charge in [0.25, 0.3) is 6.02 Å². The fourth-order valence-corrected chi connectivity index (χ4v) is 4.10. The van der Waals surface area contributed by atoms with Gasteiger partial charge in [-0.15, -0.1) is 0 Å². The molecule has 2 aromatic rings. The highest BCUT2D eigenvalue weighted by Crippen LogP contribution is 2.41. The molecule has 170 valence electrons. The van der Waals surface area contributed by atoms with Crippen molar-refractivity contribution < 1.29 is 27.1 Å². The van der Waals surface area contributed by atoms with Gasteiger partial charge < -0.3 is 20.7 Å². The summed E-state index contributed by atoms with van der Waals surface area (Å²) in [5.74, 6) is -0.753. The molecule has 0 saturated carbocycles. The number of carbonyl (C=O) groups is 1. The standard InChI is InChI=1S/C22H22F4N4O2/c1-21(11-18(22(24,25)26)32-19(27)29-21)16-10-15(6-7-17(16)23)28-20(31)30-9-8-13-4-2-3-5-14(13)12-30/h2-7,10,18H,8-9,11-12H2,1H3,(H2,27,29)(H,28,31). The summed E-state index contributed by atoms with van der Waals surface area (Å²) < 4.78 is 59.0. The molecule has 2 amide bonds. The lowest BCUT2D eigenvalue weighted by molar-refractivity contribution is -0.208. The lowest BCUT2D eigenvalue weighted by Crippen LogP contribution is -2.46. The predicted octanol–water partition coefficient (Wildman–Crippen LogP) is 4.30. The summed E-state index contributed by atoms with van der Waals surface area (Å²) in [4.78, 5) is 18.3. The lowest BCUT2D eigenvalue weighted by Gasteiger charge is -2.36. The van der Waals surface area contributed by atoms with Gasteiger partial charge in [-0.1, -0.05) is 24.3 Å². The van der Waals surface area contributed by atoms with E-state index >= 15 is 0 Å². The summed E-state index contributed by atoms with van der Waals surface area (Å²) >= 11 is 0. The van der Waals surface area contributed by atoms with Gasteiger partial charge >= 0.3 is 12.2 Å². The molecule has 2 atom stereocenters. The Labute approximate surface area is 182 Å². The smallest absolute Gasteiger partial charge is 0.425 e. The Balaban J connectivity index is 1.55. The number of fused-ring (bicyclic) bond motifs is 1. The van der Waals surface area contributed by atoms with Crippen LogP contribution in [0.15, 0.2) is 47.5 Å². The second kappa shape index (κ2) is 7.99. The largest absolute Gasteiger partial charge is 0.452 e. The van der Waals surface area contributed by atoms with Gasteiger partial charge in [0, 0.05) is 30.8 Å². The molecule has 0 aliphatic carbocycles. The predicted molar refractivity (Wildman–Crippen MR) is 110 cm³/mol. The summed E-state index contributed by atoms with van der Waals surface area (Å²) in [6.45, 7) is 2.30. The molecule has 2 unspecified atom stereocenters. The number of amides is 2. The maximum absolute atomic E-state index is 14.7. The van der Waals surface area contributed by atoms with Crippen molar-refractivity contribution in [1.82, 2.24) is 4.90 Å². The molecule has 0 spiro atoms. The van der Waals surface area contributed by atoms with Crippen molar-refractivity contribution in [2.45, 2.75) is 44.1 Å². The summed E-state index contributed by atoms with van der Waals surface area (Å²) in [5, 5.41) is 2.71. The Hall–Kier alpha value is -3.30. The van der Waals surface area contributed by atoms with Crippen LogP contribution in [0.3, 0.4) is 0 Å². The average molecular weight is 450 g/mol. The second-order valence-corrected chi connectivity index (χ2v) is 8.14. The third-order valence-electron chi connectivity index (χ3n) is 5.78. The molecule has 0 radical (unpaired) electrons. The molecule has 0 saturated heterocycles. The van der Waals surface area contributed by atoms with Crippen molar-refractivity contribution in [3.63, 3.8) is 0 Å². The van der Waals surface area contributed by atoms with Gasteiger partial charge in [-0.3, -0.25) is 0 Å². The summed E-state index contributed by atoms with van der Waals surface area (Å²) in [6.07, 6.45) is -6.83. The van der Waals surface area contributed by atoms with Crippen LogP contribution in [0.25, 0.3) is 0 Å². The zero-order valence-corrected chi connectivity index (χ0v) is 17.2. The first-order valence-corrected chi connectivity index (χ1v) is 10.1. The molecule has 4 rings (SSSR count). The van der Waals surface area contributed by atoms with Crippen LogP contribution in [-0.4, -0.2) is 35.8 Å². The number of anilines is 1. The Morgan fingerprint density at radius 1 is 1.25 bits per heavy atom. The Morgan fingerprint density at radius 2 is 1.97 bits per heavy atom. The first-order chi connectivity index (χ1) is 15.0. The number of halogens is 4. The van der Waals surface area contributed by atoms with Crippen molar-refractivity contribution in [3.8, 4) is 0 Å². The quantitative estimate of drug-likeness (QED) is 0.670. The molecular weight excluding hydrogens is 428 g/mol. The first-order valence-electron chi connectivity index (χ1n) is 10.1. The van der Waals surface area contributed by atoms with Gasteiger partial charge in [0.05, 0.1) is 5.54 Å². The van der Waals surface area contributed by atoms with Gasteiger partial charge in [-0.05, 0) is 42.7 Å². The molecular formula is C22H22F4N4O2. The van der Waals surface area contributed by atoms with Crippen molar-refractivity contribution in [2.24, 2.45) is 10.7 Å². The van der Waals surface area contributed by atoms with E-state index in [0.717, 1.165) is 11.6 Å². The van der Waals surface area contributed by atoms with E-state index < -0.39 is 36.1 Å². The molecule has 6 nitrogen and oxygen atoms in total. The highest BCUT2D eigenvalue weighted by Gasteiger charge is 2.50. The number of ether oxygens (including phenoxy) is 1. The normalized spacial score (nSPS) is 23.1. The molecule has 0 bridgehead atoms. The van der Waals surface area contributed by atoms with E-state index in [1.165, 1.54) is 24.6 Å². The van der Waals surface area contributed by atoms with Crippen molar-refractivity contribution in [2.75, 3.05) is 11.9 Å². The van der Waals surface area contributed by atoms with Crippen LogP contribution in [0.1, 0.15) is 30.0 Å². The van der Waals surface area contributed by atoms with Crippen molar-refractivity contribution in [3.05, 3.63) is 65.0 Å². The molecule has 10 heteroatoms. The zero-order valence-electron chi connectivity index (χ0n) is 17.2. The molecule has 3 N–H and O–H groups in total. The van der Waals surface area contributed by atoms with Crippen LogP contribution in [-0.2, 0) is 23.2 Å². The molecule has 2 aliphatic heterocycles. The van der Waals surface area contributed by atoms with E-state index in [4.69, 9.17) is 5.73 Å². The van der Waals surface area contributed by atoms with Crippen LogP contribution >= 0.6 is 0 Å². The summed E-state index contributed by atoms with van der Waals surface area (Å²) in [7, 11) is 0. The third kappa shape index (κ3) is 4.35. The van der Waals surface area contributed by atoms with Crippen LogP contribution in [0.5, 0.6) is 0 Å². The number of rotatable bonds is 2. The molecule has 2 aliphatic rings. The number of carbonyl (C=O) groups excluding carboxylic acids is 1. The summed E-state index contributed by atoms with van der Waals surface area (Å²) in [6, 6.07) is 10.5. The summed E-state index contributed by atoms with van der Waals surface area (Å²) in [5.41, 5.74) is 6.22. The van der Waals surface area contributed by atoms with Crippen LogP contribution < -0.4 is 11.1 Å². The lowest BCUT2D eigenvalue weighted by atomic mass is 9.85. The van der Waals surface area contributed by atoms with E-state index in [-0.39, 0.29) is 17.3 Å². The van der Waals surface area contributed by atoms with E-state index in [1.807, 2.05) is 24.3 Å². The number of hydrogen-bond donors (Lipinski definition) is 2. The minimum atomic E-state index is -4.69. The minimum absolute atomic E-state index is 0.111. The number of nitrogens with one attached hydrogen (secondary N) is 1. The number of aliphatic imine (C=N–C) groups is 1. The SMILES string of the molecule is CC1(c2cc(NC(=O)N3CCc4ccccc4C3)ccc2F)CC(C(F)(F)F)OC(N)=N1. The number of hydrogen-bond acceptors (Lipinski definition) is 4. The van der Waals surface area contributed by atoms with Crippen LogP contribution in [0.2, 0.25) is 0 Å². The van der Waals surface area contributed by atoms with Crippen LogP contribution in [0, 0.1) is 5.82 Å². The third-order valence-corrected chi connectivity index (χ3v) is 5.78. The number of nitrogens with two attached hydrogens (primary N) is 1. The second-order valence-electron chi connectivity index (χ2n) is 8.14. The maximum atomic E-state index is 14.7. The van der Waals surface area contributed by atoms with E-state index in [1.54, 1.807) is 4.90 Å². The fraction of sp³-hybridized carbons (Fsp3) is 0.364. The van der Waals surface area contributed by atoms with E-state index in [9.17, 15) is 22.4 Å². The number of alkyl halides is 3. The Morgan fingerprint density at radius 3 is 2.69 bits per heavy atom.